The molecule has 0 aromatic heterocycles. The fourth-order valence-electron chi connectivity index (χ4n) is 2.54. The maximum atomic E-state index is 5.75. The van der Waals surface area contributed by atoms with Crippen LogP contribution in [0.2, 0.25) is 0 Å². The van der Waals surface area contributed by atoms with E-state index in [1.807, 2.05) is 37.4 Å². The van der Waals surface area contributed by atoms with Gasteiger partial charge < -0.3 is 4.74 Å². The van der Waals surface area contributed by atoms with Gasteiger partial charge in [-0.1, -0.05) is 18.2 Å². The Morgan fingerprint density at radius 2 is 1.95 bits per heavy atom. The van der Waals surface area contributed by atoms with Gasteiger partial charge in [-0.05, 0) is 39.1 Å². The average molecular weight is 263 g/mol. The molecule has 0 saturated carbocycles. The van der Waals surface area contributed by atoms with Gasteiger partial charge >= 0.3 is 0 Å². The van der Waals surface area contributed by atoms with Gasteiger partial charge in [-0.25, -0.2) is 5.01 Å². The maximum absolute atomic E-state index is 5.75. The van der Waals surface area contributed by atoms with Crippen LogP contribution >= 0.6 is 0 Å². The monoisotopic (exact) mass is 263 g/mol. The third-order valence-electron chi connectivity index (χ3n) is 3.86. The molecular weight excluding hydrogens is 238 g/mol. The van der Waals surface area contributed by atoms with E-state index in [-0.39, 0.29) is 0 Å². The zero-order valence-corrected chi connectivity index (χ0v) is 12.0. The summed E-state index contributed by atoms with van der Waals surface area (Å²) in [5.41, 5.74) is 3.22. The van der Waals surface area contributed by atoms with Crippen molar-refractivity contribution in [1.29, 1.82) is 0 Å². The second kappa shape index (κ2) is 7.48. The van der Waals surface area contributed by atoms with Crippen molar-refractivity contribution in [2.45, 2.75) is 18.9 Å². The van der Waals surface area contributed by atoms with Crippen LogP contribution in [0.4, 0.5) is 0 Å². The highest BCUT2D eigenvalue weighted by Gasteiger charge is 2.21. The van der Waals surface area contributed by atoms with Crippen molar-refractivity contribution in [2.24, 2.45) is 0 Å². The molecule has 0 radical (unpaired) electrons. The van der Waals surface area contributed by atoms with Gasteiger partial charge in [0.05, 0.1) is 0 Å². The Balaban J connectivity index is 1.66. The fourth-order valence-corrected chi connectivity index (χ4v) is 2.54. The first kappa shape index (κ1) is 14.3. The number of rotatable bonds is 6. The molecule has 4 heteroatoms. The van der Waals surface area contributed by atoms with E-state index in [2.05, 4.69) is 22.4 Å². The molecule has 0 bridgehead atoms. The maximum Gasteiger partial charge on any atom is 0.119 e. The van der Waals surface area contributed by atoms with E-state index < -0.39 is 0 Å². The standard InChI is InChI=1S/C15H25N3O/c1-16-18-10-8-14(9-11-18)17(2)12-13-19-15-6-4-3-5-7-15/h3-7,14,16H,8-13H2,1-2H3. The first-order chi connectivity index (χ1) is 9.29. The van der Waals surface area contributed by atoms with E-state index in [0.717, 1.165) is 32.0 Å². The summed E-state index contributed by atoms with van der Waals surface area (Å²) in [6.07, 6.45) is 2.45. The lowest BCUT2D eigenvalue weighted by atomic mass is 10.1. The minimum absolute atomic E-state index is 0.684. The van der Waals surface area contributed by atoms with E-state index in [9.17, 15) is 0 Å². The zero-order chi connectivity index (χ0) is 13.5. The van der Waals surface area contributed by atoms with E-state index >= 15 is 0 Å². The molecule has 1 aromatic carbocycles. The number of hydrazine groups is 1. The SMILES string of the molecule is CNN1CCC(N(C)CCOc2ccccc2)CC1. The van der Waals surface area contributed by atoms with Gasteiger partial charge in [0.15, 0.2) is 0 Å². The van der Waals surface area contributed by atoms with Crippen molar-refractivity contribution in [1.82, 2.24) is 15.3 Å². The zero-order valence-electron chi connectivity index (χ0n) is 12.0. The Bertz CT molecular complexity index is 350. The van der Waals surface area contributed by atoms with E-state index in [4.69, 9.17) is 4.74 Å². The Hall–Kier alpha value is -1.10. The average Bonchev–Trinajstić information content (AvgIpc) is 2.48. The summed E-state index contributed by atoms with van der Waals surface area (Å²) in [5, 5.41) is 2.28. The lowest BCUT2D eigenvalue weighted by Crippen LogP contribution is -2.48. The molecule has 0 spiro atoms. The summed E-state index contributed by atoms with van der Waals surface area (Å²) in [5.74, 6) is 0.959. The highest BCUT2D eigenvalue weighted by atomic mass is 16.5. The lowest BCUT2D eigenvalue weighted by molar-refractivity contribution is 0.0913. The van der Waals surface area contributed by atoms with Crippen LogP contribution in [-0.2, 0) is 0 Å². The van der Waals surface area contributed by atoms with Gasteiger partial charge in [-0.2, -0.15) is 0 Å². The van der Waals surface area contributed by atoms with Crippen molar-refractivity contribution >= 4 is 0 Å². The number of nitrogens with one attached hydrogen (secondary N) is 1. The van der Waals surface area contributed by atoms with Crippen LogP contribution in [0.3, 0.4) is 0 Å². The topological polar surface area (TPSA) is 27.7 Å². The van der Waals surface area contributed by atoms with Gasteiger partial charge in [-0.3, -0.25) is 10.3 Å². The number of hydrogen-bond acceptors (Lipinski definition) is 4. The molecule has 106 valence electrons. The van der Waals surface area contributed by atoms with Crippen molar-refractivity contribution in [3.8, 4) is 5.75 Å². The molecule has 1 aliphatic heterocycles. The highest BCUT2D eigenvalue weighted by molar-refractivity contribution is 5.20. The number of para-hydroxylation sites is 1. The van der Waals surface area contributed by atoms with Crippen molar-refractivity contribution < 1.29 is 4.74 Å². The highest BCUT2D eigenvalue weighted by Crippen LogP contribution is 2.14. The molecule has 0 unspecified atom stereocenters. The normalized spacial score (nSPS) is 17.8. The minimum Gasteiger partial charge on any atom is -0.492 e. The van der Waals surface area contributed by atoms with Crippen LogP contribution in [0.25, 0.3) is 0 Å². The number of benzene rings is 1. The lowest BCUT2D eigenvalue weighted by Gasteiger charge is -2.36. The largest absolute Gasteiger partial charge is 0.492 e. The number of ether oxygens (including phenoxy) is 1. The molecule has 1 saturated heterocycles. The fraction of sp³-hybridized carbons (Fsp3) is 0.600. The van der Waals surface area contributed by atoms with Crippen molar-refractivity contribution in [2.75, 3.05) is 40.3 Å². The molecule has 1 aromatic rings. The first-order valence-corrected chi connectivity index (χ1v) is 7.10. The second-order valence-electron chi connectivity index (χ2n) is 5.08. The molecule has 4 nitrogen and oxygen atoms in total. The number of likely N-dealkylation sites (N-methyl/N-ethyl adjacent to an activating group) is 1. The van der Waals surface area contributed by atoms with Crippen LogP contribution < -0.4 is 10.2 Å². The number of nitrogens with zero attached hydrogens (tertiary/aromatic N) is 2. The summed E-state index contributed by atoms with van der Waals surface area (Å²) in [4.78, 5) is 2.43. The minimum atomic E-state index is 0.684. The van der Waals surface area contributed by atoms with E-state index in [1.54, 1.807) is 0 Å². The molecule has 19 heavy (non-hydrogen) atoms. The number of piperidine rings is 1. The second-order valence-corrected chi connectivity index (χ2v) is 5.08. The molecule has 1 fully saturated rings. The Morgan fingerprint density at radius 3 is 2.58 bits per heavy atom. The predicted molar refractivity (Wildman–Crippen MR) is 78.2 cm³/mol. The van der Waals surface area contributed by atoms with Gasteiger partial charge in [0.25, 0.3) is 0 Å². The van der Waals surface area contributed by atoms with Crippen molar-refractivity contribution in [3.05, 3.63) is 30.3 Å². The molecule has 0 atom stereocenters. The molecule has 0 aliphatic carbocycles. The van der Waals surface area contributed by atoms with Gasteiger partial charge in [0, 0.05) is 25.7 Å². The van der Waals surface area contributed by atoms with Gasteiger partial charge in [0.1, 0.15) is 12.4 Å². The summed E-state index contributed by atoms with van der Waals surface area (Å²) in [6.45, 7) is 4.00. The molecule has 1 N–H and O–H groups in total. The van der Waals surface area contributed by atoms with Crippen LogP contribution in [0, 0.1) is 0 Å². The van der Waals surface area contributed by atoms with Gasteiger partial charge in [-0.15, -0.1) is 0 Å². The Morgan fingerprint density at radius 1 is 1.26 bits per heavy atom. The molecular formula is C15H25N3O. The summed E-state index contributed by atoms with van der Waals surface area (Å²) >= 11 is 0. The summed E-state index contributed by atoms with van der Waals surface area (Å²) in [7, 11) is 4.20. The first-order valence-electron chi connectivity index (χ1n) is 7.10. The summed E-state index contributed by atoms with van der Waals surface area (Å²) in [6, 6.07) is 10.7. The predicted octanol–water partition coefficient (Wildman–Crippen LogP) is 1.60. The van der Waals surface area contributed by atoms with Crippen LogP contribution in [0.1, 0.15) is 12.8 Å². The molecule has 1 aliphatic rings. The Labute approximate surface area is 116 Å². The third kappa shape index (κ3) is 4.49. The molecule has 1 heterocycles. The Kier molecular flexibility index (Phi) is 5.63. The van der Waals surface area contributed by atoms with Crippen molar-refractivity contribution in [3.63, 3.8) is 0 Å². The smallest absolute Gasteiger partial charge is 0.119 e. The van der Waals surface area contributed by atoms with E-state index in [1.165, 1.54) is 12.8 Å². The molecule has 2 rings (SSSR count). The van der Waals surface area contributed by atoms with Crippen LogP contribution in [-0.4, -0.2) is 56.3 Å². The van der Waals surface area contributed by atoms with Crippen LogP contribution in [0.15, 0.2) is 30.3 Å². The van der Waals surface area contributed by atoms with Gasteiger partial charge in [0.2, 0.25) is 0 Å². The van der Waals surface area contributed by atoms with Crippen LogP contribution in [0.5, 0.6) is 5.75 Å². The quantitative estimate of drug-likeness (QED) is 0.843. The molecule has 0 amide bonds. The third-order valence-corrected chi connectivity index (χ3v) is 3.86. The van der Waals surface area contributed by atoms with E-state index in [0.29, 0.717) is 6.04 Å². The summed E-state index contributed by atoms with van der Waals surface area (Å²) < 4.78 is 5.75. The number of hydrogen-bond donors (Lipinski definition) is 1.